The molecule has 22 heavy (non-hydrogen) atoms. The highest BCUT2D eigenvalue weighted by atomic mass is 16.7. The Labute approximate surface area is 130 Å². The van der Waals surface area contributed by atoms with Crippen molar-refractivity contribution in [3.8, 4) is 0 Å². The topological polar surface area (TPSA) is 80.2 Å². The Morgan fingerprint density at radius 1 is 1.41 bits per heavy atom. The molecule has 5 atom stereocenters. The lowest BCUT2D eigenvalue weighted by Gasteiger charge is -2.26. The highest BCUT2D eigenvalue weighted by molar-refractivity contribution is 5.13. The number of aliphatic hydroxyl groups is 2. The van der Waals surface area contributed by atoms with E-state index in [1.807, 2.05) is 30.3 Å². The first-order valence-corrected chi connectivity index (χ1v) is 7.24. The SMILES string of the molecule is C=CC(O)[C@@H](O)C1O[C@H](OC)CC1NOCc1ccccc1. The predicted octanol–water partition coefficient (Wildman–Crippen LogP) is 0.746. The lowest BCUT2D eigenvalue weighted by Crippen LogP contribution is -2.47. The van der Waals surface area contributed by atoms with E-state index < -0.39 is 24.6 Å². The van der Waals surface area contributed by atoms with Gasteiger partial charge >= 0.3 is 0 Å². The molecule has 6 heteroatoms. The van der Waals surface area contributed by atoms with Crippen LogP contribution in [0, 0.1) is 0 Å². The smallest absolute Gasteiger partial charge is 0.159 e. The lowest BCUT2D eigenvalue weighted by molar-refractivity contribution is -0.155. The molecule has 1 aromatic rings. The fraction of sp³-hybridized carbons (Fsp3) is 0.500. The van der Waals surface area contributed by atoms with E-state index in [0.29, 0.717) is 13.0 Å². The molecule has 6 nitrogen and oxygen atoms in total. The second-order valence-corrected chi connectivity index (χ2v) is 5.22. The average Bonchev–Trinajstić information content (AvgIpc) is 2.97. The third-order valence-corrected chi connectivity index (χ3v) is 3.66. The summed E-state index contributed by atoms with van der Waals surface area (Å²) in [5, 5.41) is 19.8. The number of benzene rings is 1. The molecule has 1 saturated heterocycles. The maximum absolute atomic E-state index is 10.1. The standard InChI is InChI=1S/C16H23NO5/c1-3-13(18)15(19)16-12(9-14(20-2)22-16)17-21-10-11-7-5-4-6-8-11/h3-8,12-19H,1,9-10H2,2H3/t12?,13?,14-,15+,16?/m0/s1. The minimum atomic E-state index is -1.10. The highest BCUT2D eigenvalue weighted by Gasteiger charge is 2.41. The van der Waals surface area contributed by atoms with E-state index in [2.05, 4.69) is 12.1 Å². The Hall–Kier alpha value is -1.28. The summed E-state index contributed by atoms with van der Waals surface area (Å²) in [5.41, 5.74) is 3.92. The van der Waals surface area contributed by atoms with Crippen LogP contribution in [-0.4, -0.2) is 48.0 Å². The molecule has 0 saturated carbocycles. The first-order valence-electron chi connectivity index (χ1n) is 7.24. The van der Waals surface area contributed by atoms with Crippen LogP contribution in [0.5, 0.6) is 0 Å². The van der Waals surface area contributed by atoms with Gasteiger partial charge in [-0.3, -0.25) is 4.84 Å². The van der Waals surface area contributed by atoms with Crippen molar-refractivity contribution in [1.82, 2.24) is 5.48 Å². The molecule has 0 bridgehead atoms. The molecule has 0 radical (unpaired) electrons. The van der Waals surface area contributed by atoms with Crippen LogP contribution in [0.3, 0.4) is 0 Å². The van der Waals surface area contributed by atoms with Gasteiger partial charge in [-0.25, -0.2) is 0 Å². The molecule has 1 aliphatic heterocycles. The van der Waals surface area contributed by atoms with Gasteiger partial charge in [-0.1, -0.05) is 36.4 Å². The summed E-state index contributed by atoms with van der Waals surface area (Å²) in [6.07, 6.45) is -1.48. The van der Waals surface area contributed by atoms with Gasteiger partial charge in [-0.05, 0) is 5.56 Å². The van der Waals surface area contributed by atoms with Gasteiger partial charge in [0.05, 0.1) is 12.6 Å². The van der Waals surface area contributed by atoms with Crippen molar-refractivity contribution in [2.75, 3.05) is 7.11 Å². The average molecular weight is 309 g/mol. The molecule has 3 unspecified atom stereocenters. The molecule has 1 aliphatic rings. The van der Waals surface area contributed by atoms with Crippen molar-refractivity contribution in [1.29, 1.82) is 0 Å². The molecule has 0 aromatic heterocycles. The van der Waals surface area contributed by atoms with Crippen LogP contribution in [0.2, 0.25) is 0 Å². The zero-order chi connectivity index (χ0) is 15.9. The van der Waals surface area contributed by atoms with Crippen LogP contribution < -0.4 is 5.48 Å². The Balaban J connectivity index is 1.90. The minimum Gasteiger partial charge on any atom is -0.387 e. The van der Waals surface area contributed by atoms with Crippen molar-refractivity contribution in [2.24, 2.45) is 0 Å². The maximum atomic E-state index is 10.1. The molecule has 122 valence electrons. The van der Waals surface area contributed by atoms with Gasteiger partial charge in [0.1, 0.15) is 18.3 Å². The van der Waals surface area contributed by atoms with Crippen LogP contribution in [0.1, 0.15) is 12.0 Å². The molecule has 1 aromatic carbocycles. The summed E-state index contributed by atoms with van der Waals surface area (Å²) < 4.78 is 10.8. The summed E-state index contributed by atoms with van der Waals surface area (Å²) in [6, 6.07) is 9.43. The van der Waals surface area contributed by atoms with Crippen LogP contribution >= 0.6 is 0 Å². The second kappa shape index (κ2) is 8.38. The number of hydrogen-bond acceptors (Lipinski definition) is 6. The number of hydroxylamine groups is 1. The van der Waals surface area contributed by atoms with Gasteiger partial charge in [-0.15, -0.1) is 6.58 Å². The Morgan fingerprint density at radius 2 is 2.14 bits per heavy atom. The molecule has 1 heterocycles. The second-order valence-electron chi connectivity index (χ2n) is 5.22. The monoisotopic (exact) mass is 309 g/mol. The van der Waals surface area contributed by atoms with E-state index in [0.717, 1.165) is 5.56 Å². The zero-order valence-electron chi connectivity index (χ0n) is 12.6. The normalized spacial score (nSPS) is 27.5. The van der Waals surface area contributed by atoms with E-state index in [1.165, 1.54) is 13.2 Å². The summed E-state index contributed by atoms with van der Waals surface area (Å²) in [5.74, 6) is 0. The van der Waals surface area contributed by atoms with Gasteiger partial charge in [0, 0.05) is 13.5 Å². The van der Waals surface area contributed by atoms with E-state index in [4.69, 9.17) is 14.3 Å². The maximum Gasteiger partial charge on any atom is 0.159 e. The van der Waals surface area contributed by atoms with Gasteiger partial charge in [0.25, 0.3) is 0 Å². The number of ether oxygens (including phenoxy) is 2. The van der Waals surface area contributed by atoms with Gasteiger partial charge in [-0.2, -0.15) is 5.48 Å². The third-order valence-electron chi connectivity index (χ3n) is 3.66. The van der Waals surface area contributed by atoms with E-state index in [9.17, 15) is 10.2 Å². The molecule has 0 spiro atoms. The van der Waals surface area contributed by atoms with Crippen LogP contribution in [0.4, 0.5) is 0 Å². The van der Waals surface area contributed by atoms with E-state index in [1.54, 1.807) is 0 Å². The molecule has 0 aliphatic carbocycles. The molecular weight excluding hydrogens is 286 g/mol. The molecule has 0 amide bonds. The first-order chi connectivity index (χ1) is 10.7. The number of rotatable bonds is 8. The molecule has 1 fully saturated rings. The van der Waals surface area contributed by atoms with Crippen molar-refractivity contribution >= 4 is 0 Å². The van der Waals surface area contributed by atoms with Crippen LogP contribution in [0.25, 0.3) is 0 Å². The van der Waals surface area contributed by atoms with Gasteiger partial charge < -0.3 is 19.7 Å². The molecule has 3 N–H and O–H groups in total. The number of aliphatic hydroxyl groups excluding tert-OH is 2. The summed E-state index contributed by atoms with van der Waals surface area (Å²) in [7, 11) is 1.53. The van der Waals surface area contributed by atoms with Crippen molar-refractivity contribution in [2.45, 2.75) is 43.7 Å². The molecular formula is C16H23NO5. The largest absolute Gasteiger partial charge is 0.387 e. The predicted molar refractivity (Wildman–Crippen MR) is 80.7 cm³/mol. The lowest BCUT2D eigenvalue weighted by atomic mass is 10.0. The number of hydrogen-bond donors (Lipinski definition) is 3. The van der Waals surface area contributed by atoms with Crippen molar-refractivity contribution < 1.29 is 24.5 Å². The number of methoxy groups -OCH3 is 1. The summed E-state index contributed by atoms with van der Waals surface area (Å²) in [4.78, 5) is 5.49. The third kappa shape index (κ3) is 4.36. The number of nitrogens with one attached hydrogen (secondary N) is 1. The Morgan fingerprint density at radius 3 is 2.77 bits per heavy atom. The Bertz CT molecular complexity index is 455. The Kier molecular flexibility index (Phi) is 6.50. The van der Waals surface area contributed by atoms with Gasteiger partial charge in [0.15, 0.2) is 6.29 Å². The van der Waals surface area contributed by atoms with Crippen LogP contribution in [0.15, 0.2) is 43.0 Å². The van der Waals surface area contributed by atoms with E-state index in [-0.39, 0.29) is 6.04 Å². The highest BCUT2D eigenvalue weighted by Crippen LogP contribution is 2.25. The zero-order valence-corrected chi connectivity index (χ0v) is 12.6. The first kappa shape index (κ1) is 17.1. The van der Waals surface area contributed by atoms with Crippen molar-refractivity contribution in [3.05, 3.63) is 48.6 Å². The molecule has 2 rings (SSSR count). The van der Waals surface area contributed by atoms with Crippen molar-refractivity contribution in [3.63, 3.8) is 0 Å². The summed E-state index contributed by atoms with van der Waals surface area (Å²) >= 11 is 0. The van der Waals surface area contributed by atoms with E-state index >= 15 is 0 Å². The van der Waals surface area contributed by atoms with Crippen LogP contribution in [-0.2, 0) is 20.9 Å². The summed E-state index contributed by atoms with van der Waals surface area (Å²) in [6.45, 7) is 3.86. The van der Waals surface area contributed by atoms with Gasteiger partial charge in [0.2, 0.25) is 0 Å². The quantitative estimate of drug-likeness (QED) is 0.486. The minimum absolute atomic E-state index is 0.293. The fourth-order valence-electron chi connectivity index (χ4n) is 2.39. The fourth-order valence-corrected chi connectivity index (χ4v) is 2.39.